The fourth-order valence-electron chi connectivity index (χ4n) is 3.93. The van der Waals surface area contributed by atoms with E-state index in [1.807, 2.05) is 37.3 Å². The molecule has 0 unspecified atom stereocenters. The molecule has 0 radical (unpaired) electrons. The minimum Gasteiger partial charge on any atom is -0.493 e. The van der Waals surface area contributed by atoms with Crippen LogP contribution in [-0.2, 0) is 11.3 Å². The van der Waals surface area contributed by atoms with Crippen LogP contribution < -0.4 is 14.8 Å². The summed E-state index contributed by atoms with van der Waals surface area (Å²) in [6.07, 6.45) is 9.51. The van der Waals surface area contributed by atoms with Crippen molar-refractivity contribution in [1.82, 2.24) is 24.9 Å². The minimum atomic E-state index is -0.580. The summed E-state index contributed by atoms with van der Waals surface area (Å²) in [6, 6.07) is 12.9. The number of aromatic nitrogens is 4. The van der Waals surface area contributed by atoms with Crippen LogP contribution in [0.5, 0.6) is 11.5 Å². The summed E-state index contributed by atoms with van der Waals surface area (Å²) >= 11 is 5.06. The molecule has 1 N–H and O–H groups in total. The maximum Gasteiger partial charge on any atom is 0.275 e. The van der Waals surface area contributed by atoms with E-state index >= 15 is 0 Å². The van der Waals surface area contributed by atoms with Crippen LogP contribution in [0, 0.1) is 0 Å². The molecule has 2 aromatic heterocycles. The number of carbonyl (C=O) groups excluding carboxylic acids is 3. The monoisotopic (exact) mass is 601 g/mol. The third kappa shape index (κ3) is 8.63. The van der Waals surface area contributed by atoms with Gasteiger partial charge < -0.3 is 14.8 Å². The van der Waals surface area contributed by atoms with Gasteiger partial charge in [0, 0.05) is 48.9 Å². The Bertz CT molecular complexity index is 1590. The van der Waals surface area contributed by atoms with Crippen LogP contribution in [0.1, 0.15) is 51.9 Å². The summed E-state index contributed by atoms with van der Waals surface area (Å²) in [5.41, 5.74) is 3.63. The molecular weight excluding hydrogens is 574 g/mol. The molecule has 1 aliphatic rings. The predicted molar refractivity (Wildman–Crippen MR) is 159 cm³/mol. The smallest absolute Gasteiger partial charge is 0.275 e. The van der Waals surface area contributed by atoms with Crippen molar-refractivity contribution in [1.29, 1.82) is 0 Å². The number of amides is 2. The van der Waals surface area contributed by atoms with E-state index in [-0.39, 0.29) is 23.2 Å². The van der Waals surface area contributed by atoms with Gasteiger partial charge in [0.15, 0.2) is 11.5 Å². The van der Waals surface area contributed by atoms with Gasteiger partial charge in [-0.15, -0.1) is 0 Å². The van der Waals surface area contributed by atoms with Gasteiger partial charge in [-0.25, -0.2) is 15.0 Å². The lowest BCUT2D eigenvalue weighted by atomic mass is 10.0. The third-order valence-electron chi connectivity index (χ3n) is 6.01. The number of rotatable bonds is 9. The number of ether oxygens (including phenoxy) is 2. The molecule has 0 atom stereocenters. The topological polar surface area (TPSA) is 149 Å². The Kier molecular flexibility index (Phi) is 10.8. The molecule has 220 valence electrons. The highest BCUT2D eigenvalue weighted by molar-refractivity contribution is 6.67. The number of hydrogen-bond donors (Lipinski definition) is 1. The van der Waals surface area contributed by atoms with Crippen molar-refractivity contribution in [3.63, 3.8) is 0 Å². The van der Waals surface area contributed by atoms with Gasteiger partial charge in [0.25, 0.3) is 11.1 Å². The molecule has 5 rings (SSSR count). The Labute approximate surface area is 252 Å². The van der Waals surface area contributed by atoms with E-state index in [0.29, 0.717) is 43.2 Å². The highest BCUT2D eigenvalue weighted by Gasteiger charge is 2.22. The van der Waals surface area contributed by atoms with Gasteiger partial charge in [0.2, 0.25) is 5.91 Å². The molecule has 0 bridgehead atoms. The van der Waals surface area contributed by atoms with E-state index < -0.39 is 5.24 Å². The maximum atomic E-state index is 12.5. The van der Waals surface area contributed by atoms with Crippen LogP contribution in [0.25, 0.3) is 0 Å². The van der Waals surface area contributed by atoms with Gasteiger partial charge >= 0.3 is 0 Å². The summed E-state index contributed by atoms with van der Waals surface area (Å²) in [5.74, 6) is 0.920. The lowest BCUT2D eigenvalue weighted by molar-refractivity contribution is -0.132. The summed E-state index contributed by atoms with van der Waals surface area (Å²) in [5, 5.41) is 8.30. The zero-order chi connectivity index (χ0) is 30.6. The minimum absolute atomic E-state index is 0.0395. The van der Waals surface area contributed by atoms with Gasteiger partial charge in [-0.05, 0) is 54.4 Å². The van der Waals surface area contributed by atoms with Crippen LogP contribution >= 0.6 is 11.6 Å². The normalized spacial score (nSPS) is 12.4. The number of nitrogens with one attached hydrogen (secondary N) is 1. The molecule has 2 aromatic carbocycles. The fourth-order valence-corrected chi connectivity index (χ4v) is 4.03. The first-order chi connectivity index (χ1) is 20.9. The lowest BCUT2D eigenvalue weighted by Gasteiger charge is -2.24. The summed E-state index contributed by atoms with van der Waals surface area (Å²) < 4.78 is 11.0. The number of nitrogens with zero attached hydrogens (tertiary/aromatic N) is 6. The largest absolute Gasteiger partial charge is 0.493 e. The van der Waals surface area contributed by atoms with E-state index in [4.69, 9.17) is 21.1 Å². The molecule has 1 aliphatic heterocycles. The predicted octanol–water partition coefficient (Wildman–Crippen LogP) is 4.52. The van der Waals surface area contributed by atoms with Crippen LogP contribution in [0.15, 0.2) is 84.7 Å². The first-order valence-corrected chi connectivity index (χ1v) is 13.6. The molecule has 0 aliphatic carbocycles. The summed E-state index contributed by atoms with van der Waals surface area (Å²) in [4.78, 5) is 50.2. The van der Waals surface area contributed by atoms with Crippen molar-refractivity contribution in [3.05, 3.63) is 102 Å². The molecule has 12 nitrogen and oxygen atoms in total. The van der Waals surface area contributed by atoms with Crippen LogP contribution in [-0.4, -0.2) is 61.4 Å². The second-order valence-electron chi connectivity index (χ2n) is 8.90. The third-order valence-corrected chi connectivity index (χ3v) is 6.20. The van der Waals surface area contributed by atoms with E-state index in [2.05, 4.69) is 30.4 Å². The van der Waals surface area contributed by atoms with Crippen LogP contribution in [0.4, 0.5) is 5.69 Å². The van der Waals surface area contributed by atoms with E-state index in [0.717, 1.165) is 16.8 Å². The van der Waals surface area contributed by atoms with Crippen molar-refractivity contribution in [2.45, 2.75) is 26.3 Å². The summed E-state index contributed by atoms with van der Waals surface area (Å²) in [7, 11) is 1.60. The molecule has 0 fully saturated rings. The van der Waals surface area contributed by atoms with E-state index in [1.165, 1.54) is 42.2 Å². The van der Waals surface area contributed by atoms with Gasteiger partial charge in [-0.2, -0.15) is 5.10 Å². The van der Waals surface area contributed by atoms with Gasteiger partial charge in [0.05, 0.1) is 38.4 Å². The van der Waals surface area contributed by atoms with Crippen molar-refractivity contribution in [3.8, 4) is 11.5 Å². The Morgan fingerprint density at radius 1 is 0.930 bits per heavy atom. The quantitative estimate of drug-likeness (QED) is 0.273. The first-order valence-electron chi connectivity index (χ1n) is 13.2. The Balaban J connectivity index is 0.000000403. The SMILES string of the molecule is CCOc1cc(C2=NN(Cc3ccc(NC(=O)c4cnccn4)cc3)C(=O)CC2)ccc1OC.O=C(Cl)c1cnccn1. The lowest BCUT2D eigenvalue weighted by Crippen LogP contribution is -2.31. The maximum absolute atomic E-state index is 12.5. The number of carbonyl (C=O) groups is 3. The van der Waals surface area contributed by atoms with Crippen molar-refractivity contribution < 1.29 is 23.9 Å². The van der Waals surface area contributed by atoms with Crippen molar-refractivity contribution >= 4 is 40.1 Å². The second kappa shape index (κ2) is 15.1. The van der Waals surface area contributed by atoms with E-state index in [1.54, 1.807) is 19.2 Å². The molecule has 43 heavy (non-hydrogen) atoms. The number of benzene rings is 2. The van der Waals surface area contributed by atoms with Gasteiger partial charge in [0.1, 0.15) is 11.4 Å². The molecule has 0 saturated carbocycles. The number of anilines is 1. The molecule has 13 heteroatoms. The number of halogens is 1. The Hall–Kier alpha value is -5.23. The standard InChI is InChI=1S/C25H25N5O4.C5H3ClN2O/c1-3-34-23-14-18(6-10-22(23)33-2)20-9-11-24(31)30(29-20)16-17-4-7-19(8-5-17)28-25(32)21-15-26-12-13-27-21;6-5(9)4-3-7-1-2-8-4/h4-8,10,12-15H,3,9,11,16H2,1-2H3,(H,28,32);1-3H. The first kappa shape index (κ1) is 30.7. The van der Waals surface area contributed by atoms with Crippen LogP contribution in [0.2, 0.25) is 0 Å². The van der Waals surface area contributed by atoms with Crippen LogP contribution in [0.3, 0.4) is 0 Å². The molecule has 2 amide bonds. The average molecular weight is 602 g/mol. The number of hydrazone groups is 1. The number of hydrogen-bond acceptors (Lipinski definition) is 10. The fraction of sp³-hybridized carbons (Fsp3) is 0.200. The Morgan fingerprint density at radius 2 is 1.63 bits per heavy atom. The zero-order valence-electron chi connectivity index (χ0n) is 23.4. The van der Waals surface area contributed by atoms with E-state index in [9.17, 15) is 14.4 Å². The molecule has 4 aromatic rings. The summed E-state index contributed by atoms with van der Waals surface area (Å²) in [6.45, 7) is 2.76. The molecule has 3 heterocycles. The Morgan fingerprint density at radius 3 is 2.21 bits per heavy atom. The zero-order valence-corrected chi connectivity index (χ0v) is 24.2. The van der Waals surface area contributed by atoms with Crippen molar-refractivity contribution in [2.24, 2.45) is 5.10 Å². The highest BCUT2D eigenvalue weighted by Crippen LogP contribution is 2.30. The average Bonchev–Trinajstić information content (AvgIpc) is 3.04. The molecule has 0 spiro atoms. The van der Waals surface area contributed by atoms with Gasteiger partial charge in [-0.1, -0.05) is 12.1 Å². The molecular formula is C30H28ClN7O5. The second-order valence-corrected chi connectivity index (χ2v) is 9.25. The number of methoxy groups -OCH3 is 1. The highest BCUT2D eigenvalue weighted by atomic mass is 35.5. The van der Waals surface area contributed by atoms with Gasteiger partial charge in [-0.3, -0.25) is 24.4 Å². The molecule has 0 saturated heterocycles. The van der Waals surface area contributed by atoms with Crippen molar-refractivity contribution in [2.75, 3.05) is 19.0 Å².